The maximum Gasteiger partial charge on any atom is 0.252 e. The van der Waals surface area contributed by atoms with Crippen LogP contribution in [0.3, 0.4) is 0 Å². The third-order valence-corrected chi connectivity index (χ3v) is 3.29. The fourth-order valence-corrected chi connectivity index (χ4v) is 2.51. The van der Waals surface area contributed by atoms with Crippen LogP contribution in [0.25, 0.3) is 0 Å². The van der Waals surface area contributed by atoms with Crippen molar-refractivity contribution in [3.63, 3.8) is 0 Å². The van der Waals surface area contributed by atoms with Crippen LogP contribution in [0.2, 0.25) is 0 Å². The molecule has 0 aromatic rings. The van der Waals surface area contributed by atoms with Crippen LogP contribution in [0.4, 0.5) is 0 Å². The largest absolute Gasteiger partial charge is 0.368 e. The third-order valence-electron chi connectivity index (χ3n) is 3.29. The second-order valence-electron chi connectivity index (χ2n) is 4.60. The van der Waals surface area contributed by atoms with Gasteiger partial charge in [0.2, 0.25) is 0 Å². The number of piperazine rings is 1. The smallest absolute Gasteiger partial charge is 0.252 e. The van der Waals surface area contributed by atoms with Gasteiger partial charge in [-0.2, -0.15) is 0 Å². The van der Waals surface area contributed by atoms with Crippen LogP contribution in [0.1, 0.15) is 26.7 Å². The van der Waals surface area contributed by atoms with Gasteiger partial charge in [0, 0.05) is 31.8 Å². The molecule has 3 unspecified atom stereocenters. The van der Waals surface area contributed by atoms with Crippen molar-refractivity contribution in [1.82, 2.24) is 10.2 Å². The Kier molecular flexibility index (Phi) is 3.26. The van der Waals surface area contributed by atoms with Gasteiger partial charge in [0.1, 0.15) is 6.10 Å². The molecule has 0 aromatic heterocycles. The lowest BCUT2D eigenvalue weighted by atomic mass is 10.1. The minimum atomic E-state index is -0.173. The lowest BCUT2D eigenvalue weighted by molar-refractivity contribution is -0.146. The van der Waals surface area contributed by atoms with E-state index in [0.717, 1.165) is 32.5 Å². The molecule has 2 aliphatic heterocycles. The first kappa shape index (κ1) is 10.9. The van der Waals surface area contributed by atoms with Gasteiger partial charge in [0.25, 0.3) is 5.91 Å². The highest BCUT2D eigenvalue weighted by Crippen LogP contribution is 2.19. The lowest BCUT2D eigenvalue weighted by Gasteiger charge is -2.40. The molecular weight excluding hydrogens is 192 g/mol. The Morgan fingerprint density at radius 2 is 2.00 bits per heavy atom. The van der Waals surface area contributed by atoms with Gasteiger partial charge in [-0.25, -0.2) is 0 Å². The Hall–Kier alpha value is -0.610. The number of carbonyl (C=O) groups excluding carboxylic acids is 1. The van der Waals surface area contributed by atoms with E-state index in [4.69, 9.17) is 4.74 Å². The van der Waals surface area contributed by atoms with Crippen molar-refractivity contribution in [2.75, 3.05) is 19.7 Å². The second kappa shape index (κ2) is 4.49. The van der Waals surface area contributed by atoms with Gasteiger partial charge < -0.3 is 15.0 Å². The molecule has 1 N–H and O–H groups in total. The van der Waals surface area contributed by atoms with E-state index in [0.29, 0.717) is 0 Å². The summed E-state index contributed by atoms with van der Waals surface area (Å²) in [6.07, 6.45) is 1.74. The summed E-state index contributed by atoms with van der Waals surface area (Å²) in [6, 6.07) is 0.566. The fraction of sp³-hybridized carbons (Fsp3) is 0.909. The van der Waals surface area contributed by atoms with Crippen molar-refractivity contribution in [3.8, 4) is 0 Å². The number of hydrogen-bond donors (Lipinski definition) is 1. The van der Waals surface area contributed by atoms with Crippen LogP contribution < -0.4 is 5.32 Å². The van der Waals surface area contributed by atoms with Gasteiger partial charge >= 0.3 is 0 Å². The molecule has 0 bridgehead atoms. The van der Waals surface area contributed by atoms with E-state index < -0.39 is 0 Å². The highest BCUT2D eigenvalue weighted by Gasteiger charge is 2.35. The monoisotopic (exact) mass is 212 g/mol. The number of rotatable bonds is 1. The quantitative estimate of drug-likeness (QED) is 0.683. The van der Waals surface area contributed by atoms with Crippen LogP contribution in [0.5, 0.6) is 0 Å². The summed E-state index contributed by atoms with van der Waals surface area (Å²) < 4.78 is 5.45. The van der Waals surface area contributed by atoms with Gasteiger partial charge in [-0.15, -0.1) is 0 Å². The zero-order valence-corrected chi connectivity index (χ0v) is 9.53. The van der Waals surface area contributed by atoms with E-state index in [9.17, 15) is 4.79 Å². The first-order chi connectivity index (χ1) is 7.20. The molecule has 0 aliphatic carbocycles. The lowest BCUT2D eigenvalue weighted by Crippen LogP contribution is -2.59. The molecule has 2 fully saturated rings. The maximum absolute atomic E-state index is 12.2. The van der Waals surface area contributed by atoms with E-state index in [1.165, 1.54) is 0 Å². The van der Waals surface area contributed by atoms with E-state index in [1.807, 2.05) is 4.90 Å². The molecule has 2 rings (SSSR count). The number of carbonyl (C=O) groups is 1. The SMILES string of the molecule is CC1CNCC(C)N1C(=O)C1CCCO1. The Morgan fingerprint density at radius 3 is 2.53 bits per heavy atom. The van der Waals surface area contributed by atoms with Crippen molar-refractivity contribution >= 4 is 5.91 Å². The molecule has 4 nitrogen and oxygen atoms in total. The summed E-state index contributed by atoms with van der Waals surface area (Å²) in [7, 11) is 0. The first-order valence-electron chi connectivity index (χ1n) is 5.84. The molecule has 4 heteroatoms. The summed E-state index contributed by atoms with van der Waals surface area (Å²) in [5, 5.41) is 3.32. The Morgan fingerprint density at radius 1 is 1.33 bits per heavy atom. The summed E-state index contributed by atoms with van der Waals surface area (Å²) in [5.41, 5.74) is 0. The molecule has 2 aliphatic rings. The van der Waals surface area contributed by atoms with Crippen molar-refractivity contribution in [2.24, 2.45) is 0 Å². The van der Waals surface area contributed by atoms with Crippen LogP contribution in [-0.2, 0) is 9.53 Å². The Bertz CT molecular complexity index is 229. The zero-order valence-electron chi connectivity index (χ0n) is 9.53. The molecule has 3 atom stereocenters. The van der Waals surface area contributed by atoms with Gasteiger partial charge in [-0.3, -0.25) is 4.79 Å². The normalized spacial score (nSPS) is 36.9. The first-order valence-corrected chi connectivity index (χ1v) is 5.84. The molecule has 0 aromatic carbocycles. The van der Waals surface area contributed by atoms with Crippen molar-refractivity contribution < 1.29 is 9.53 Å². The predicted molar refractivity (Wildman–Crippen MR) is 57.6 cm³/mol. The molecule has 2 heterocycles. The summed E-state index contributed by atoms with van der Waals surface area (Å²) in [6.45, 7) is 6.71. The number of nitrogens with one attached hydrogen (secondary N) is 1. The topological polar surface area (TPSA) is 41.6 Å². The molecule has 0 spiro atoms. The van der Waals surface area contributed by atoms with E-state index in [-0.39, 0.29) is 24.1 Å². The van der Waals surface area contributed by atoms with Crippen LogP contribution >= 0.6 is 0 Å². The third kappa shape index (κ3) is 2.16. The summed E-state index contributed by atoms with van der Waals surface area (Å²) >= 11 is 0. The standard InChI is InChI=1S/C11H20N2O2/c1-8-6-12-7-9(2)13(8)11(14)10-4-3-5-15-10/h8-10,12H,3-7H2,1-2H3. The van der Waals surface area contributed by atoms with Gasteiger partial charge in [-0.1, -0.05) is 0 Å². The summed E-state index contributed by atoms with van der Waals surface area (Å²) in [4.78, 5) is 14.2. The molecule has 2 saturated heterocycles. The van der Waals surface area contributed by atoms with Crippen LogP contribution in [-0.4, -0.2) is 48.7 Å². The molecule has 0 saturated carbocycles. The van der Waals surface area contributed by atoms with Crippen molar-refractivity contribution in [1.29, 1.82) is 0 Å². The number of ether oxygens (including phenoxy) is 1. The average molecular weight is 212 g/mol. The van der Waals surface area contributed by atoms with Gasteiger partial charge in [0.05, 0.1) is 0 Å². The second-order valence-corrected chi connectivity index (χ2v) is 4.60. The Labute approximate surface area is 91.0 Å². The fourth-order valence-electron chi connectivity index (χ4n) is 2.51. The van der Waals surface area contributed by atoms with Crippen LogP contribution in [0.15, 0.2) is 0 Å². The Balaban J connectivity index is 2.02. The minimum absolute atomic E-state index is 0.173. The van der Waals surface area contributed by atoms with Crippen molar-refractivity contribution in [2.45, 2.75) is 44.9 Å². The number of nitrogens with zero attached hydrogens (tertiary/aromatic N) is 1. The number of amides is 1. The maximum atomic E-state index is 12.2. The average Bonchev–Trinajstić information content (AvgIpc) is 2.69. The predicted octanol–water partition coefficient (Wildman–Crippen LogP) is 0.374. The molecule has 0 radical (unpaired) electrons. The van der Waals surface area contributed by atoms with Gasteiger partial charge in [-0.05, 0) is 26.7 Å². The van der Waals surface area contributed by atoms with E-state index in [1.54, 1.807) is 0 Å². The molecule has 1 amide bonds. The molecule has 86 valence electrons. The highest BCUT2D eigenvalue weighted by atomic mass is 16.5. The van der Waals surface area contributed by atoms with Crippen molar-refractivity contribution in [3.05, 3.63) is 0 Å². The number of hydrogen-bond acceptors (Lipinski definition) is 3. The summed E-state index contributed by atoms with van der Waals surface area (Å²) in [5.74, 6) is 0.189. The molecular formula is C11H20N2O2. The van der Waals surface area contributed by atoms with Crippen LogP contribution in [0, 0.1) is 0 Å². The highest BCUT2D eigenvalue weighted by molar-refractivity contribution is 5.82. The van der Waals surface area contributed by atoms with Gasteiger partial charge in [0.15, 0.2) is 0 Å². The minimum Gasteiger partial charge on any atom is -0.368 e. The zero-order chi connectivity index (χ0) is 10.8. The van der Waals surface area contributed by atoms with E-state index >= 15 is 0 Å². The molecule has 15 heavy (non-hydrogen) atoms. The van der Waals surface area contributed by atoms with E-state index in [2.05, 4.69) is 19.2 Å².